The van der Waals surface area contributed by atoms with Crippen molar-refractivity contribution >= 4 is 28.5 Å². The van der Waals surface area contributed by atoms with Crippen LogP contribution >= 0.6 is 0 Å². The van der Waals surface area contributed by atoms with Crippen molar-refractivity contribution in [2.45, 2.75) is 13.3 Å². The lowest BCUT2D eigenvalue weighted by Gasteiger charge is -2.12. The average Bonchev–Trinajstić information content (AvgIpc) is 2.95. The van der Waals surface area contributed by atoms with E-state index in [1.54, 1.807) is 0 Å². The van der Waals surface area contributed by atoms with Gasteiger partial charge in [0.2, 0.25) is 0 Å². The van der Waals surface area contributed by atoms with Gasteiger partial charge in [0, 0.05) is 12.6 Å². The van der Waals surface area contributed by atoms with Crippen LogP contribution in [0.3, 0.4) is 0 Å². The van der Waals surface area contributed by atoms with Crippen molar-refractivity contribution in [3.63, 3.8) is 0 Å². The van der Waals surface area contributed by atoms with Crippen LogP contribution in [0.5, 0.6) is 0 Å². The second kappa shape index (κ2) is 4.31. The first-order valence-electron chi connectivity index (χ1n) is 6.10. The smallest absolute Gasteiger partial charge is 0.273 e. The minimum absolute atomic E-state index is 0.257. The fourth-order valence-corrected chi connectivity index (χ4v) is 2.13. The van der Waals surface area contributed by atoms with E-state index in [4.69, 9.17) is 0 Å². The minimum atomic E-state index is -0.317. The van der Waals surface area contributed by atoms with Gasteiger partial charge >= 0.3 is 0 Å². The lowest BCUT2D eigenvalue weighted by Crippen LogP contribution is -2.32. The third-order valence-electron chi connectivity index (χ3n) is 3.02. The van der Waals surface area contributed by atoms with Gasteiger partial charge in [-0.1, -0.05) is 24.3 Å². The number of aromatic nitrogens is 3. The number of para-hydroxylation sites is 1. The van der Waals surface area contributed by atoms with Gasteiger partial charge in [-0.15, -0.1) is 5.10 Å². The van der Waals surface area contributed by atoms with Crippen LogP contribution in [0.4, 0.5) is 0 Å². The second-order valence-corrected chi connectivity index (χ2v) is 4.31. The highest BCUT2D eigenvalue weighted by atomic mass is 16.2. The molecule has 2 amide bonds. The van der Waals surface area contributed by atoms with Crippen LogP contribution in [0, 0.1) is 0 Å². The van der Waals surface area contributed by atoms with E-state index in [-0.39, 0.29) is 17.5 Å². The molecule has 0 bridgehead atoms. The number of rotatable bonds is 3. The summed E-state index contributed by atoms with van der Waals surface area (Å²) in [6.07, 6.45) is 2.05. The molecule has 0 spiro atoms. The zero-order valence-corrected chi connectivity index (χ0v) is 10.4. The molecule has 1 aliphatic heterocycles. The van der Waals surface area contributed by atoms with Crippen molar-refractivity contribution < 1.29 is 9.59 Å². The van der Waals surface area contributed by atoms with Gasteiger partial charge < -0.3 is 0 Å². The van der Waals surface area contributed by atoms with Gasteiger partial charge in [0.25, 0.3) is 11.8 Å². The van der Waals surface area contributed by atoms with Crippen molar-refractivity contribution in [1.82, 2.24) is 19.9 Å². The summed E-state index contributed by atoms with van der Waals surface area (Å²) >= 11 is 0. The first kappa shape index (κ1) is 11.6. The summed E-state index contributed by atoms with van der Waals surface area (Å²) in [5, 5.41) is 7.94. The van der Waals surface area contributed by atoms with Gasteiger partial charge in [-0.25, -0.2) is 4.68 Å². The summed E-state index contributed by atoms with van der Waals surface area (Å²) in [6, 6.07) is 7.31. The molecular formula is C13H12N4O2. The molecule has 0 saturated carbocycles. The number of imide groups is 1. The van der Waals surface area contributed by atoms with E-state index in [1.165, 1.54) is 15.7 Å². The standard InChI is InChI=1S/C13H12N4O2/c1-2-7-16-12(18)8-11(13(16)19)17-10-6-4-3-5-9(10)14-15-17/h3-6,8H,2,7H2,1H3. The SMILES string of the molecule is CCCN1C(=O)C=C(n2nnc3ccccc32)C1=O. The van der Waals surface area contributed by atoms with Crippen LogP contribution in [0.2, 0.25) is 0 Å². The highest BCUT2D eigenvalue weighted by Gasteiger charge is 2.32. The lowest BCUT2D eigenvalue weighted by molar-refractivity contribution is -0.136. The van der Waals surface area contributed by atoms with Gasteiger partial charge in [-0.2, -0.15) is 0 Å². The summed E-state index contributed by atoms with van der Waals surface area (Å²) in [7, 11) is 0. The summed E-state index contributed by atoms with van der Waals surface area (Å²) in [4.78, 5) is 25.2. The van der Waals surface area contributed by atoms with Crippen LogP contribution in [-0.2, 0) is 9.59 Å². The van der Waals surface area contributed by atoms with Crippen LogP contribution in [0.15, 0.2) is 30.3 Å². The Balaban J connectivity index is 2.06. The number of amides is 2. The molecule has 0 radical (unpaired) electrons. The molecule has 19 heavy (non-hydrogen) atoms. The summed E-state index contributed by atoms with van der Waals surface area (Å²) in [5.74, 6) is -0.607. The number of carbonyl (C=O) groups excluding carboxylic acids is 2. The van der Waals surface area contributed by atoms with E-state index >= 15 is 0 Å². The number of fused-ring (bicyclic) bond motifs is 1. The first-order valence-corrected chi connectivity index (χ1v) is 6.10. The molecule has 0 atom stereocenters. The molecule has 1 aromatic heterocycles. The highest BCUT2D eigenvalue weighted by molar-refractivity contribution is 6.30. The second-order valence-electron chi connectivity index (χ2n) is 4.31. The Labute approximate surface area is 109 Å². The highest BCUT2D eigenvalue weighted by Crippen LogP contribution is 2.21. The Kier molecular flexibility index (Phi) is 2.63. The van der Waals surface area contributed by atoms with Crippen molar-refractivity contribution in [2.75, 3.05) is 6.54 Å². The van der Waals surface area contributed by atoms with E-state index in [1.807, 2.05) is 31.2 Å². The molecule has 2 aromatic rings. The Morgan fingerprint density at radius 3 is 2.79 bits per heavy atom. The fourth-order valence-electron chi connectivity index (χ4n) is 2.13. The molecule has 1 aliphatic rings. The molecule has 2 heterocycles. The predicted octanol–water partition coefficient (Wildman–Crippen LogP) is 1.05. The number of hydrogen-bond donors (Lipinski definition) is 0. The van der Waals surface area contributed by atoms with Crippen molar-refractivity contribution in [3.05, 3.63) is 30.3 Å². The van der Waals surface area contributed by atoms with E-state index in [0.717, 1.165) is 6.42 Å². The minimum Gasteiger partial charge on any atom is -0.273 e. The molecule has 0 N–H and O–H groups in total. The maximum absolute atomic E-state index is 12.2. The molecule has 0 saturated heterocycles. The largest absolute Gasteiger partial charge is 0.279 e. The Morgan fingerprint density at radius 1 is 1.21 bits per heavy atom. The van der Waals surface area contributed by atoms with Crippen LogP contribution in [-0.4, -0.2) is 38.3 Å². The lowest BCUT2D eigenvalue weighted by atomic mass is 10.3. The zero-order chi connectivity index (χ0) is 13.4. The number of benzene rings is 1. The van der Waals surface area contributed by atoms with E-state index < -0.39 is 0 Å². The zero-order valence-electron chi connectivity index (χ0n) is 10.4. The van der Waals surface area contributed by atoms with Crippen molar-refractivity contribution in [2.24, 2.45) is 0 Å². The maximum Gasteiger partial charge on any atom is 0.279 e. The van der Waals surface area contributed by atoms with E-state index in [0.29, 0.717) is 17.6 Å². The molecule has 0 fully saturated rings. The normalized spacial score (nSPS) is 15.4. The average molecular weight is 256 g/mol. The predicted molar refractivity (Wildman–Crippen MR) is 68.8 cm³/mol. The number of carbonyl (C=O) groups is 2. The van der Waals surface area contributed by atoms with Crippen molar-refractivity contribution in [1.29, 1.82) is 0 Å². The molecule has 6 heteroatoms. The van der Waals surface area contributed by atoms with Crippen LogP contribution in [0.25, 0.3) is 16.7 Å². The Morgan fingerprint density at radius 2 is 2.00 bits per heavy atom. The van der Waals surface area contributed by atoms with Gasteiger partial charge in [0.1, 0.15) is 11.2 Å². The van der Waals surface area contributed by atoms with Gasteiger partial charge in [0.15, 0.2) is 0 Å². The van der Waals surface area contributed by atoms with Gasteiger partial charge in [0.05, 0.1) is 5.52 Å². The Bertz CT molecular complexity index is 701. The summed E-state index contributed by atoms with van der Waals surface area (Å²) < 4.78 is 1.42. The van der Waals surface area contributed by atoms with Gasteiger partial charge in [-0.05, 0) is 18.6 Å². The molecular weight excluding hydrogens is 244 g/mol. The quantitative estimate of drug-likeness (QED) is 0.770. The van der Waals surface area contributed by atoms with E-state index in [9.17, 15) is 9.59 Å². The molecule has 1 aromatic carbocycles. The molecule has 0 unspecified atom stereocenters. The van der Waals surface area contributed by atoms with Crippen LogP contribution < -0.4 is 0 Å². The topological polar surface area (TPSA) is 68.1 Å². The van der Waals surface area contributed by atoms with E-state index in [2.05, 4.69) is 10.3 Å². The first-order chi connectivity index (χ1) is 9.22. The molecule has 96 valence electrons. The van der Waals surface area contributed by atoms with Crippen molar-refractivity contribution in [3.8, 4) is 0 Å². The molecule has 3 rings (SSSR count). The van der Waals surface area contributed by atoms with Crippen LogP contribution in [0.1, 0.15) is 13.3 Å². The monoisotopic (exact) mass is 256 g/mol. The number of hydrogen-bond acceptors (Lipinski definition) is 4. The molecule has 6 nitrogen and oxygen atoms in total. The molecule has 0 aliphatic carbocycles. The maximum atomic E-state index is 12.2. The Hall–Kier alpha value is -2.50. The summed E-state index contributed by atoms with van der Waals surface area (Å²) in [6.45, 7) is 2.34. The van der Waals surface area contributed by atoms with Gasteiger partial charge in [-0.3, -0.25) is 14.5 Å². The third-order valence-corrected chi connectivity index (χ3v) is 3.02. The summed E-state index contributed by atoms with van der Waals surface area (Å²) in [5.41, 5.74) is 1.66. The number of nitrogens with zero attached hydrogens (tertiary/aromatic N) is 4. The third kappa shape index (κ3) is 1.72. The fraction of sp³-hybridized carbons (Fsp3) is 0.231.